The van der Waals surface area contributed by atoms with Crippen LogP contribution in [0.5, 0.6) is 0 Å². The van der Waals surface area contributed by atoms with Gasteiger partial charge in [-0.25, -0.2) is 22.2 Å². The summed E-state index contributed by atoms with van der Waals surface area (Å²) in [5, 5.41) is 6.30. The molecule has 12 heteroatoms. The molecule has 8 nitrogen and oxygen atoms in total. The molecule has 2 aliphatic heterocycles. The van der Waals surface area contributed by atoms with E-state index in [1.165, 1.54) is 6.33 Å². The Balaban J connectivity index is 1.58. The van der Waals surface area contributed by atoms with Crippen molar-refractivity contribution in [2.75, 3.05) is 18.3 Å². The van der Waals surface area contributed by atoms with Crippen molar-refractivity contribution in [2.45, 2.75) is 55.6 Å². The minimum Gasteiger partial charge on any atom is -0.294 e. The summed E-state index contributed by atoms with van der Waals surface area (Å²) in [6.07, 6.45) is 6.82. The van der Waals surface area contributed by atoms with E-state index in [2.05, 4.69) is 31.0 Å². The molecule has 0 amide bonds. The average molecular weight is 471 g/mol. The number of benzene rings is 1. The van der Waals surface area contributed by atoms with Gasteiger partial charge in [0.05, 0.1) is 5.54 Å². The lowest BCUT2D eigenvalue weighted by molar-refractivity contribution is 0.0110. The van der Waals surface area contributed by atoms with Crippen LogP contribution in [0.2, 0.25) is 0 Å². The van der Waals surface area contributed by atoms with E-state index in [4.69, 9.17) is 0 Å². The molecule has 0 radical (unpaired) electrons. The predicted molar refractivity (Wildman–Crippen MR) is 114 cm³/mol. The number of sulfonamides is 1. The van der Waals surface area contributed by atoms with Gasteiger partial charge in [-0.2, -0.15) is 9.47 Å². The maximum atomic E-state index is 14.9. The summed E-state index contributed by atoms with van der Waals surface area (Å²) in [5.41, 5.74) is -0.0888. The molecule has 1 unspecified atom stereocenters. The Hall–Kier alpha value is -2.18. The molecule has 31 heavy (non-hydrogen) atoms. The topological polar surface area (TPSA) is 90.8 Å². The number of hydrazone groups is 1. The van der Waals surface area contributed by atoms with Crippen LogP contribution in [0.4, 0.5) is 13.9 Å². The molecule has 4 rings (SSSR count). The second kappa shape index (κ2) is 8.40. The largest absolute Gasteiger partial charge is 0.294 e. The van der Waals surface area contributed by atoms with Gasteiger partial charge in [0.1, 0.15) is 22.9 Å². The van der Waals surface area contributed by atoms with Gasteiger partial charge in [-0.05, 0) is 38.4 Å². The first kappa shape index (κ1) is 22.0. The van der Waals surface area contributed by atoms with Crippen LogP contribution < -0.4 is 4.72 Å². The zero-order valence-corrected chi connectivity index (χ0v) is 18.9. The van der Waals surface area contributed by atoms with Crippen molar-refractivity contribution in [1.82, 2.24) is 19.3 Å². The van der Waals surface area contributed by atoms with Crippen LogP contribution in [0.15, 0.2) is 28.5 Å². The van der Waals surface area contributed by atoms with Gasteiger partial charge >= 0.3 is 0 Å². The highest BCUT2D eigenvalue weighted by Crippen LogP contribution is 2.36. The molecule has 1 N–H and O–H groups in total. The van der Waals surface area contributed by atoms with Gasteiger partial charge in [0.25, 0.3) is 10.0 Å². The van der Waals surface area contributed by atoms with Gasteiger partial charge in [-0.15, -0.1) is 0 Å². The fourth-order valence-corrected chi connectivity index (χ4v) is 6.09. The predicted octanol–water partition coefficient (Wildman–Crippen LogP) is 3.05. The summed E-state index contributed by atoms with van der Waals surface area (Å²) >= 11 is 0.804. The molecule has 3 heterocycles. The van der Waals surface area contributed by atoms with E-state index in [0.29, 0.717) is 0 Å². The molecule has 0 bridgehead atoms. The SMILES string of the molecule is CN1N=CCC1(C)[C@H]1CCCCN1Cc1cc(F)c(S(=O)(=O)Nc2ncns2)cc1F. The van der Waals surface area contributed by atoms with Gasteiger partial charge in [0.2, 0.25) is 5.13 Å². The molecule has 1 aromatic heterocycles. The number of hydrogen-bond acceptors (Lipinski definition) is 8. The molecular weight excluding hydrogens is 446 g/mol. The Morgan fingerprint density at radius 3 is 2.77 bits per heavy atom. The van der Waals surface area contributed by atoms with E-state index in [1.54, 1.807) is 0 Å². The molecular formula is C19H24F2N6O2S2. The van der Waals surface area contributed by atoms with Crippen LogP contribution >= 0.6 is 11.5 Å². The Kier molecular flexibility index (Phi) is 5.97. The minimum atomic E-state index is -4.32. The number of nitrogens with zero attached hydrogens (tertiary/aromatic N) is 5. The fraction of sp³-hybridized carbons (Fsp3) is 0.526. The normalized spacial score (nSPS) is 24.6. The quantitative estimate of drug-likeness (QED) is 0.698. The van der Waals surface area contributed by atoms with Crippen molar-refractivity contribution < 1.29 is 17.2 Å². The van der Waals surface area contributed by atoms with Crippen LogP contribution in [0, 0.1) is 11.6 Å². The maximum absolute atomic E-state index is 14.9. The zero-order chi connectivity index (χ0) is 22.2. The zero-order valence-electron chi connectivity index (χ0n) is 17.3. The second-order valence-corrected chi connectivity index (χ2v) is 10.5. The standard InChI is InChI=1S/C19H24F2N6O2S2/c1-19(6-7-23-26(19)2)17-5-3-4-8-27(17)11-13-9-15(21)16(10-14(13)20)31(28,29)25-18-22-12-24-30-18/h7,9-10,12,17H,3-6,8,11H2,1-2H3,(H,22,24,25)/t17-,19?/m1/s1. The van der Waals surface area contributed by atoms with Crippen molar-refractivity contribution in [3.63, 3.8) is 0 Å². The van der Waals surface area contributed by atoms with Crippen molar-refractivity contribution >= 4 is 32.9 Å². The summed E-state index contributed by atoms with van der Waals surface area (Å²) in [4.78, 5) is 5.11. The summed E-state index contributed by atoms with van der Waals surface area (Å²) in [6.45, 7) is 3.09. The van der Waals surface area contributed by atoms with E-state index in [0.717, 1.165) is 55.9 Å². The van der Waals surface area contributed by atoms with Crippen molar-refractivity contribution in [3.05, 3.63) is 35.7 Å². The van der Waals surface area contributed by atoms with Gasteiger partial charge in [0, 0.05) is 49.4 Å². The third-order valence-electron chi connectivity index (χ3n) is 6.18. The monoisotopic (exact) mass is 470 g/mol. The number of likely N-dealkylation sites (tertiary alicyclic amines) is 1. The summed E-state index contributed by atoms with van der Waals surface area (Å²) < 4.78 is 60.4. The van der Waals surface area contributed by atoms with E-state index >= 15 is 0 Å². The Bertz CT molecular complexity index is 1080. The van der Waals surface area contributed by atoms with E-state index in [-0.39, 0.29) is 28.8 Å². The first-order valence-corrected chi connectivity index (χ1v) is 12.2. The first-order chi connectivity index (χ1) is 14.7. The highest BCUT2D eigenvalue weighted by molar-refractivity contribution is 7.93. The molecule has 2 atom stereocenters. The average Bonchev–Trinajstić information content (AvgIpc) is 3.34. The Morgan fingerprint density at radius 2 is 2.10 bits per heavy atom. The molecule has 2 aliphatic rings. The van der Waals surface area contributed by atoms with Crippen LogP contribution in [-0.2, 0) is 16.6 Å². The smallest absolute Gasteiger partial charge is 0.266 e. The third kappa shape index (κ3) is 4.28. The first-order valence-electron chi connectivity index (χ1n) is 9.98. The van der Waals surface area contributed by atoms with Gasteiger partial charge < -0.3 is 0 Å². The summed E-state index contributed by atoms with van der Waals surface area (Å²) in [7, 11) is -2.39. The summed E-state index contributed by atoms with van der Waals surface area (Å²) in [5.74, 6) is -1.76. The van der Waals surface area contributed by atoms with Crippen LogP contribution in [-0.4, -0.2) is 59.1 Å². The van der Waals surface area contributed by atoms with Crippen molar-refractivity contribution in [1.29, 1.82) is 0 Å². The highest BCUT2D eigenvalue weighted by atomic mass is 32.2. The number of halogens is 2. The second-order valence-electron chi connectivity index (χ2n) is 8.09. The Labute approximate surface area is 184 Å². The van der Waals surface area contributed by atoms with E-state index in [1.807, 2.05) is 18.3 Å². The van der Waals surface area contributed by atoms with Gasteiger partial charge in [0.15, 0.2) is 0 Å². The van der Waals surface area contributed by atoms with E-state index in [9.17, 15) is 17.2 Å². The number of rotatable bonds is 6. The van der Waals surface area contributed by atoms with Gasteiger partial charge in [-0.1, -0.05) is 6.42 Å². The maximum Gasteiger partial charge on any atom is 0.266 e. The van der Waals surface area contributed by atoms with E-state index < -0.39 is 26.6 Å². The third-order valence-corrected chi connectivity index (χ3v) is 8.24. The van der Waals surface area contributed by atoms with Crippen LogP contribution in [0.25, 0.3) is 0 Å². The highest BCUT2D eigenvalue weighted by Gasteiger charge is 2.44. The van der Waals surface area contributed by atoms with Crippen molar-refractivity contribution in [3.8, 4) is 0 Å². The lowest BCUT2D eigenvalue weighted by atomic mass is 9.82. The molecule has 168 valence electrons. The molecule has 1 saturated heterocycles. The molecule has 1 aromatic carbocycles. The number of piperidine rings is 1. The van der Waals surface area contributed by atoms with Crippen molar-refractivity contribution in [2.24, 2.45) is 5.10 Å². The number of hydrogen-bond donors (Lipinski definition) is 1. The number of aromatic nitrogens is 2. The fourth-order valence-electron chi connectivity index (χ4n) is 4.35. The minimum absolute atomic E-state index is 0.0174. The number of likely N-dealkylation sites (N-methyl/N-ethyl adjacent to an activating group) is 1. The van der Waals surface area contributed by atoms with Crippen LogP contribution in [0.3, 0.4) is 0 Å². The van der Waals surface area contributed by atoms with Crippen LogP contribution in [0.1, 0.15) is 38.2 Å². The Morgan fingerprint density at radius 1 is 1.29 bits per heavy atom. The lowest BCUT2D eigenvalue weighted by Gasteiger charge is -2.47. The molecule has 2 aromatic rings. The number of anilines is 1. The molecule has 0 saturated carbocycles. The number of nitrogens with one attached hydrogen (secondary N) is 1. The lowest BCUT2D eigenvalue weighted by Crippen LogP contribution is -2.57. The molecule has 0 aliphatic carbocycles. The molecule has 0 spiro atoms. The molecule has 1 fully saturated rings. The van der Waals surface area contributed by atoms with Gasteiger partial charge in [-0.3, -0.25) is 14.6 Å². The summed E-state index contributed by atoms with van der Waals surface area (Å²) in [6, 6.07) is 1.84.